The predicted molar refractivity (Wildman–Crippen MR) is 80.7 cm³/mol. The van der Waals surface area contributed by atoms with Crippen molar-refractivity contribution < 1.29 is 19.1 Å². The van der Waals surface area contributed by atoms with Crippen LogP contribution in [0.1, 0.15) is 12.5 Å². The van der Waals surface area contributed by atoms with E-state index in [-0.39, 0.29) is 10.6 Å². The first-order valence-electron chi connectivity index (χ1n) is 7.34. The fourth-order valence-electron chi connectivity index (χ4n) is 3.13. The molecule has 0 saturated carbocycles. The van der Waals surface area contributed by atoms with Crippen LogP contribution in [0.4, 0.5) is 11.4 Å². The van der Waals surface area contributed by atoms with E-state index < -0.39 is 5.60 Å². The van der Waals surface area contributed by atoms with Gasteiger partial charge in [-0.2, -0.15) is 0 Å². The number of nitrogens with zero attached hydrogens (tertiary/aromatic N) is 2. The van der Waals surface area contributed by atoms with E-state index in [9.17, 15) is 10.1 Å². The molecule has 0 aromatic heterocycles. The molecule has 7 heteroatoms. The fraction of sp³-hybridized carbons (Fsp3) is 0.600. The molecule has 0 N–H and O–H groups in total. The third kappa shape index (κ3) is 2.74. The molecule has 2 heterocycles. The van der Waals surface area contributed by atoms with E-state index in [1.807, 2.05) is 11.8 Å². The smallest absolute Gasteiger partial charge is 0.293 e. The summed E-state index contributed by atoms with van der Waals surface area (Å²) in [6.45, 7) is 4.86. The maximum atomic E-state index is 11.4. The summed E-state index contributed by atoms with van der Waals surface area (Å²) in [7, 11) is 1.62. The molecule has 1 saturated heterocycles. The van der Waals surface area contributed by atoms with Crippen LogP contribution < -0.4 is 9.64 Å². The van der Waals surface area contributed by atoms with Gasteiger partial charge in [-0.25, -0.2) is 0 Å². The van der Waals surface area contributed by atoms with Crippen LogP contribution in [0, 0.1) is 10.1 Å². The van der Waals surface area contributed by atoms with E-state index in [0.717, 1.165) is 5.56 Å². The second kappa shape index (κ2) is 5.73. The number of nitro groups is 1. The zero-order chi connectivity index (χ0) is 15.7. The molecule has 7 nitrogen and oxygen atoms in total. The fourth-order valence-corrected chi connectivity index (χ4v) is 3.13. The van der Waals surface area contributed by atoms with Gasteiger partial charge in [0.05, 0.1) is 24.7 Å². The summed E-state index contributed by atoms with van der Waals surface area (Å²) in [5.74, 6) is 0.714. The first-order valence-corrected chi connectivity index (χ1v) is 7.34. The van der Waals surface area contributed by atoms with Crippen molar-refractivity contribution in [3.63, 3.8) is 0 Å². The largest absolute Gasteiger partial charge is 0.484 e. The van der Waals surface area contributed by atoms with Crippen LogP contribution in [0.15, 0.2) is 12.1 Å². The Morgan fingerprint density at radius 3 is 2.77 bits per heavy atom. The maximum absolute atomic E-state index is 11.4. The Bertz CT molecular complexity index is 586. The van der Waals surface area contributed by atoms with Gasteiger partial charge in [0, 0.05) is 44.3 Å². The van der Waals surface area contributed by atoms with Crippen LogP contribution in [0.25, 0.3) is 0 Å². The Morgan fingerprint density at radius 1 is 1.41 bits per heavy atom. The summed E-state index contributed by atoms with van der Waals surface area (Å²) >= 11 is 0. The summed E-state index contributed by atoms with van der Waals surface area (Å²) < 4.78 is 16.5. The van der Waals surface area contributed by atoms with Crippen LogP contribution in [0.2, 0.25) is 0 Å². The molecule has 0 bridgehead atoms. The second-order valence-electron chi connectivity index (χ2n) is 5.97. The van der Waals surface area contributed by atoms with E-state index in [0.29, 0.717) is 50.8 Å². The summed E-state index contributed by atoms with van der Waals surface area (Å²) in [6.07, 6.45) is 0.612. The molecule has 1 fully saturated rings. The molecule has 2 aliphatic rings. The molecule has 0 aliphatic carbocycles. The second-order valence-corrected chi connectivity index (χ2v) is 5.97. The van der Waals surface area contributed by atoms with Gasteiger partial charge in [0.25, 0.3) is 5.69 Å². The van der Waals surface area contributed by atoms with Gasteiger partial charge in [-0.1, -0.05) is 0 Å². The minimum Gasteiger partial charge on any atom is -0.484 e. The lowest BCUT2D eigenvalue weighted by molar-refractivity contribution is -0.384. The van der Waals surface area contributed by atoms with E-state index in [2.05, 4.69) is 0 Å². The lowest BCUT2D eigenvalue weighted by Gasteiger charge is -2.28. The van der Waals surface area contributed by atoms with E-state index in [4.69, 9.17) is 14.2 Å². The Hall–Kier alpha value is -1.86. The molecule has 1 atom stereocenters. The molecule has 1 unspecified atom stereocenters. The van der Waals surface area contributed by atoms with Gasteiger partial charge in [-0.05, 0) is 6.92 Å². The number of nitro benzene ring substituents is 1. The van der Waals surface area contributed by atoms with Crippen LogP contribution >= 0.6 is 0 Å². The molecule has 1 aromatic carbocycles. The summed E-state index contributed by atoms with van der Waals surface area (Å²) in [5.41, 5.74) is 1.14. The molecular weight excluding hydrogens is 288 g/mol. The van der Waals surface area contributed by atoms with Crippen molar-refractivity contribution in [3.05, 3.63) is 27.8 Å². The molecule has 2 aliphatic heterocycles. The van der Waals surface area contributed by atoms with Gasteiger partial charge in [0.1, 0.15) is 17.0 Å². The molecule has 0 spiro atoms. The number of rotatable bonds is 4. The standard InChI is InChI=1S/C15H20N2O5/c1-15(10-20-2)9-11-7-13(17(18)19)12(8-14(11)22-15)16-3-5-21-6-4-16/h7-8H,3-6,9-10H2,1-2H3. The van der Waals surface area contributed by atoms with Crippen molar-refractivity contribution in [2.45, 2.75) is 18.9 Å². The maximum Gasteiger partial charge on any atom is 0.293 e. The van der Waals surface area contributed by atoms with Crippen LogP contribution in [0.3, 0.4) is 0 Å². The van der Waals surface area contributed by atoms with E-state index in [1.54, 1.807) is 19.2 Å². The first-order chi connectivity index (χ1) is 10.5. The van der Waals surface area contributed by atoms with Gasteiger partial charge in [-0.3, -0.25) is 10.1 Å². The Morgan fingerprint density at radius 2 is 2.14 bits per heavy atom. The Labute approximate surface area is 128 Å². The minimum atomic E-state index is -0.464. The van der Waals surface area contributed by atoms with Crippen LogP contribution in [-0.4, -0.2) is 50.5 Å². The van der Waals surface area contributed by atoms with Crippen molar-refractivity contribution in [2.24, 2.45) is 0 Å². The van der Waals surface area contributed by atoms with Crippen LogP contribution in [0.5, 0.6) is 5.75 Å². The zero-order valence-electron chi connectivity index (χ0n) is 12.8. The highest BCUT2D eigenvalue weighted by Crippen LogP contribution is 2.42. The zero-order valence-corrected chi connectivity index (χ0v) is 12.8. The van der Waals surface area contributed by atoms with Gasteiger partial charge in [0.2, 0.25) is 0 Å². The van der Waals surface area contributed by atoms with Crippen molar-refractivity contribution in [2.75, 3.05) is 44.9 Å². The van der Waals surface area contributed by atoms with Crippen LogP contribution in [-0.2, 0) is 15.9 Å². The monoisotopic (exact) mass is 308 g/mol. The molecule has 3 rings (SSSR count). The first kappa shape index (κ1) is 15.1. The number of anilines is 1. The van der Waals surface area contributed by atoms with Crippen molar-refractivity contribution >= 4 is 11.4 Å². The SMILES string of the molecule is COCC1(C)Cc2cc([N+](=O)[O-])c(N3CCOCC3)cc2O1. The summed E-state index contributed by atoms with van der Waals surface area (Å²) in [5, 5.41) is 11.4. The number of ether oxygens (including phenoxy) is 3. The topological polar surface area (TPSA) is 74.1 Å². The summed E-state index contributed by atoms with van der Waals surface area (Å²) in [6, 6.07) is 3.43. The van der Waals surface area contributed by atoms with Gasteiger partial charge in [-0.15, -0.1) is 0 Å². The highest BCUT2D eigenvalue weighted by molar-refractivity contribution is 5.69. The number of fused-ring (bicyclic) bond motifs is 1. The van der Waals surface area contributed by atoms with Crippen molar-refractivity contribution in [1.82, 2.24) is 0 Å². The quantitative estimate of drug-likeness (QED) is 0.623. The molecule has 1 aromatic rings. The Balaban J connectivity index is 1.96. The number of hydrogen-bond acceptors (Lipinski definition) is 6. The van der Waals surface area contributed by atoms with E-state index >= 15 is 0 Å². The molecular formula is C15H20N2O5. The van der Waals surface area contributed by atoms with Gasteiger partial charge in [0.15, 0.2) is 0 Å². The number of benzene rings is 1. The lowest BCUT2D eigenvalue weighted by atomic mass is 9.99. The lowest BCUT2D eigenvalue weighted by Crippen LogP contribution is -2.36. The minimum absolute atomic E-state index is 0.130. The molecule has 0 amide bonds. The normalized spacial score (nSPS) is 24.0. The Kier molecular flexibility index (Phi) is 3.92. The third-order valence-corrected chi connectivity index (χ3v) is 4.08. The van der Waals surface area contributed by atoms with Crippen molar-refractivity contribution in [1.29, 1.82) is 0 Å². The number of morpholine rings is 1. The van der Waals surface area contributed by atoms with E-state index in [1.165, 1.54) is 0 Å². The third-order valence-electron chi connectivity index (χ3n) is 4.08. The van der Waals surface area contributed by atoms with Gasteiger partial charge >= 0.3 is 0 Å². The highest BCUT2D eigenvalue weighted by atomic mass is 16.6. The average Bonchev–Trinajstić information content (AvgIpc) is 2.82. The summed E-state index contributed by atoms with van der Waals surface area (Å²) in [4.78, 5) is 13.1. The molecule has 120 valence electrons. The number of methoxy groups -OCH3 is 1. The van der Waals surface area contributed by atoms with Gasteiger partial charge < -0.3 is 19.1 Å². The van der Waals surface area contributed by atoms with Crippen molar-refractivity contribution in [3.8, 4) is 5.75 Å². The number of hydrogen-bond donors (Lipinski definition) is 0. The molecule has 0 radical (unpaired) electrons. The highest BCUT2D eigenvalue weighted by Gasteiger charge is 2.37. The average molecular weight is 308 g/mol. The predicted octanol–water partition coefficient (Wildman–Crippen LogP) is 1.77. The molecule has 22 heavy (non-hydrogen) atoms.